The number of anilines is 1. The second-order valence-electron chi connectivity index (χ2n) is 5.37. The Bertz CT molecular complexity index is 682. The first-order chi connectivity index (χ1) is 11.0. The Labute approximate surface area is 136 Å². The molecule has 5 nitrogen and oxygen atoms in total. The van der Waals surface area contributed by atoms with Crippen LogP contribution in [0.25, 0.3) is 6.08 Å². The summed E-state index contributed by atoms with van der Waals surface area (Å²) in [7, 11) is 0. The Kier molecular flexibility index (Phi) is 5.74. The van der Waals surface area contributed by atoms with Crippen LogP contribution in [-0.2, 0) is 11.3 Å². The van der Waals surface area contributed by atoms with E-state index in [1.54, 1.807) is 24.5 Å². The molecule has 0 saturated carbocycles. The van der Waals surface area contributed by atoms with Crippen molar-refractivity contribution in [1.82, 2.24) is 10.3 Å². The molecule has 5 heteroatoms. The van der Waals surface area contributed by atoms with Gasteiger partial charge < -0.3 is 15.8 Å². The van der Waals surface area contributed by atoms with Gasteiger partial charge in [0.05, 0.1) is 11.8 Å². The van der Waals surface area contributed by atoms with E-state index in [-0.39, 0.29) is 12.0 Å². The largest absolute Gasteiger partial charge is 0.489 e. The molecule has 0 bridgehead atoms. The van der Waals surface area contributed by atoms with Gasteiger partial charge in [0.25, 0.3) is 0 Å². The van der Waals surface area contributed by atoms with Crippen LogP contribution in [0.5, 0.6) is 5.75 Å². The fourth-order valence-corrected chi connectivity index (χ4v) is 1.95. The third-order valence-electron chi connectivity index (χ3n) is 3.04. The number of rotatable bonds is 6. The normalized spacial score (nSPS) is 10.9. The van der Waals surface area contributed by atoms with Gasteiger partial charge in [-0.05, 0) is 55.3 Å². The van der Waals surface area contributed by atoms with Crippen molar-refractivity contribution in [2.45, 2.75) is 26.5 Å². The summed E-state index contributed by atoms with van der Waals surface area (Å²) in [5.41, 5.74) is 8.35. The smallest absolute Gasteiger partial charge is 0.244 e. The number of aromatic nitrogens is 1. The number of hydrogen-bond donors (Lipinski definition) is 2. The fraction of sp³-hybridized carbons (Fsp3) is 0.222. The Hall–Kier alpha value is -2.82. The van der Waals surface area contributed by atoms with Crippen LogP contribution >= 0.6 is 0 Å². The van der Waals surface area contributed by atoms with Gasteiger partial charge in [-0.15, -0.1) is 0 Å². The molecule has 2 aromatic rings. The van der Waals surface area contributed by atoms with Crippen LogP contribution in [0, 0.1) is 0 Å². The molecule has 0 radical (unpaired) electrons. The van der Waals surface area contributed by atoms with Gasteiger partial charge in [-0.25, -0.2) is 0 Å². The molecule has 120 valence electrons. The average Bonchev–Trinajstić information content (AvgIpc) is 2.54. The maximum absolute atomic E-state index is 11.8. The minimum Gasteiger partial charge on any atom is -0.489 e. The number of hydrogen-bond acceptors (Lipinski definition) is 4. The van der Waals surface area contributed by atoms with E-state index in [0.717, 1.165) is 11.1 Å². The molecule has 0 spiro atoms. The van der Waals surface area contributed by atoms with Gasteiger partial charge in [0.15, 0.2) is 0 Å². The van der Waals surface area contributed by atoms with Crippen molar-refractivity contribution in [1.29, 1.82) is 0 Å². The van der Waals surface area contributed by atoms with Gasteiger partial charge in [-0.3, -0.25) is 9.78 Å². The molecule has 0 saturated heterocycles. The highest BCUT2D eigenvalue weighted by Gasteiger charge is 2.03. The molecule has 0 aliphatic rings. The van der Waals surface area contributed by atoms with E-state index in [1.165, 1.54) is 6.08 Å². The zero-order valence-electron chi connectivity index (χ0n) is 13.3. The molecule has 3 N–H and O–H groups in total. The summed E-state index contributed by atoms with van der Waals surface area (Å²) in [5.74, 6) is 0.488. The molecular weight excluding hydrogens is 290 g/mol. The molecule has 0 atom stereocenters. The molecule has 2 rings (SSSR count). The Morgan fingerprint density at radius 3 is 2.70 bits per heavy atom. The van der Waals surface area contributed by atoms with Crippen LogP contribution in [0.4, 0.5) is 5.69 Å². The van der Waals surface area contributed by atoms with Gasteiger partial charge in [0.2, 0.25) is 5.91 Å². The van der Waals surface area contributed by atoms with Crippen LogP contribution in [0.15, 0.2) is 48.8 Å². The molecule has 0 aliphatic carbocycles. The van der Waals surface area contributed by atoms with Crippen molar-refractivity contribution in [3.05, 3.63) is 59.9 Å². The first-order valence-corrected chi connectivity index (χ1v) is 7.45. The molecular formula is C18H21N3O2. The van der Waals surface area contributed by atoms with Crippen molar-refractivity contribution in [2.24, 2.45) is 0 Å². The van der Waals surface area contributed by atoms with Crippen molar-refractivity contribution >= 4 is 17.7 Å². The van der Waals surface area contributed by atoms with Gasteiger partial charge >= 0.3 is 0 Å². The van der Waals surface area contributed by atoms with Crippen molar-refractivity contribution in [2.75, 3.05) is 5.73 Å². The topological polar surface area (TPSA) is 77.2 Å². The number of amides is 1. The van der Waals surface area contributed by atoms with E-state index in [0.29, 0.717) is 18.0 Å². The maximum Gasteiger partial charge on any atom is 0.244 e. The number of carbonyl (C=O) groups excluding carboxylic acids is 1. The second-order valence-corrected chi connectivity index (χ2v) is 5.37. The molecule has 0 aliphatic heterocycles. The third-order valence-corrected chi connectivity index (χ3v) is 3.04. The van der Waals surface area contributed by atoms with Crippen LogP contribution in [0.3, 0.4) is 0 Å². The lowest BCUT2D eigenvalue weighted by Crippen LogP contribution is -2.20. The van der Waals surface area contributed by atoms with Gasteiger partial charge in [-0.1, -0.05) is 6.07 Å². The van der Waals surface area contributed by atoms with Crippen molar-refractivity contribution in [3.8, 4) is 5.75 Å². The summed E-state index contributed by atoms with van der Waals surface area (Å²) in [5, 5.41) is 2.81. The Balaban J connectivity index is 1.91. The lowest BCUT2D eigenvalue weighted by molar-refractivity contribution is -0.116. The van der Waals surface area contributed by atoms with E-state index in [1.807, 2.05) is 38.1 Å². The SMILES string of the molecule is CC(C)Oc1ccc(/C=C\C(=O)NCc2ccncc2)cc1N. The number of benzene rings is 1. The number of pyridine rings is 1. The van der Waals surface area contributed by atoms with Gasteiger partial charge in [-0.2, -0.15) is 0 Å². The second kappa shape index (κ2) is 7.98. The predicted molar refractivity (Wildman–Crippen MR) is 91.7 cm³/mol. The highest BCUT2D eigenvalue weighted by atomic mass is 16.5. The van der Waals surface area contributed by atoms with E-state index in [2.05, 4.69) is 10.3 Å². The van der Waals surface area contributed by atoms with Crippen LogP contribution < -0.4 is 15.8 Å². The predicted octanol–water partition coefficient (Wildman–Crippen LogP) is 2.78. The number of nitrogen functional groups attached to an aromatic ring is 1. The van der Waals surface area contributed by atoms with Crippen LogP contribution in [0.2, 0.25) is 0 Å². The van der Waals surface area contributed by atoms with E-state index in [9.17, 15) is 4.79 Å². The molecule has 1 aromatic carbocycles. The van der Waals surface area contributed by atoms with Crippen LogP contribution in [0.1, 0.15) is 25.0 Å². The van der Waals surface area contributed by atoms with Crippen LogP contribution in [-0.4, -0.2) is 17.0 Å². The molecule has 1 heterocycles. The number of nitrogens with one attached hydrogen (secondary N) is 1. The van der Waals surface area contributed by atoms with E-state index < -0.39 is 0 Å². The highest BCUT2D eigenvalue weighted by molar-refractivity contribution is 5.91. The van der Waals surface area contributed by atoms with Crippen molar-refractivity contribution < 1.29 is 9.53 Å². The maximum atomic E-state index is 11.8. The Morgan fingerprint density at radius 2 is 2.04 bits per heavy atom. The minimum absolute atomic E-state index is 0.0673. The number of nitrogens with two attached hydrogens (primary N) is 1. The zero-order valence-corrected chi connectivity index (χ0v) is 13.3. The monoisotopic (exact) mass is 311 g/mol. The van der Waals surface area contributed by atoms with E-state index in [4.69, 9.17) is 10.5 Å². The molecule has 0 unspecified atom stereocenters. The quantitative estimate of drug-likeness (QED) is 0.635. The lowest BCUT2D eigenvalue weighted by Gasteiger charge is -2.12. The molecule has 0 fully saturated rings. The number of ether oxygens (including phenoxy) is 1. The summed E-state index contributed by atoms with van der Waals surface area (Å²) < 4.78 is 5.58. The summed E-state index contributed by atoms with van der Waals surface area (Å²) in [6, 6.07) is 9.17. The summed E-state index contributed by atoms with van der Waals surface area (Å²) in [6.07, 6.45) is 6.66. The Morgan fingerprint density at radius 1 is 1.30 bits per heavy atom. The lowest BCUT2D eigenvalue weighted by atomic mass is 10.1. The average molecular weight is 311 g/mol. The number of nitrogens with zero attached hydrogens (tertiary/aromatic N) is 1. The summed E-state index contributed by atoms with van der Waals surface area (Å²) in [6.45, 7) is 4.36. The standard InChI is InChI=1S/C18H21N3O2/c1-13(2)23-17-5-3-14(11-16(17)19)4-6-18(22)21-12-15-7-9-20-10-8-15/h3-11,13H,12,19H2,1-2H3,(H,21,22)/b6-4-. The molecule has 23 heavy (non-hydrogen) atoms. The molecule has 1 amide bonds. The summed E-state index contributed by atoms with van der Waals surface area (Å²) in [4.78, 5) is 15.8. The highest BCUT2D eigenvalue weighted by Crippen LogP contribution is 2.24. The zero-order chi connectivity index (χ0) is 16.7. The van der Waals surface area contributed by atoms with Gasteiger partial charge in [0.1, 0.15) is 5.75 Å². The summed E-state index contributed by atoms with van der Waals surface area (Å²) >= 11 is 0. The third kappa shape index (κ3) is 5.47. The number of carbonyl (C=O) groups is 1. The molecule has 1 aromatic heterocycles. The van der Waals surface area contributed by atoms with E-state index >= 15 is 0 Å². The first kappa shape index (κ1) is 16.5. The fourth-order valence-electron chi connectivity index (χ4n) is 1.95. The first-order valence-electron chi connectivity index (χ1n) is 7.45. The van der Waals surface area contributed by atoms with Gasteiger partial charge in [0, 0.05) is 25.0 Å². The van der Waals surface area contributed by atoms with Crippen molar-refractivity contribution in [3.63, 3.8) is 0 Å². The minimum atomic E-state index is -0.164.